The van der Waals surface area contributed by atoms with Crippen molar-refractivity contribution in [2.45, 2.75) is 25.8 Å². The first-order valence-electron chi connectivity index (χ1n) is 10.4. The Morgan fingerprint density at radius 3 is 2.76 bits per heavy atom. The number of rotatable bonds is 8. The number of nitrogen functional groups attached to an aromatic ring is 2. The van der Waals surface area contributed by atoms with Crippen molar-refractivity contribution < 1.29 is 19.0 Å². The number of benzene rings is 1. The molecule has 1 aliphatic heterocycles. The molecule has 1 unspecified atom stereocenters. The number of carbonyl (C=O) groups is 1. The molecule has 1 aliphatic rings. The number of carbonyl (C=O) groups excluding carboxylic acids is 1. The number of methoxy groups -OCH3 is 1. The van der Waals surface area contributed by atoms with Gasteiger partial charge in [-0.2, -0.15) is 10.5 Å². The van der Waals surface area contributed by atoms with Gasteiger partial charge in [-0.1, -0.05) is 6.07 Å². The number of aromatic nitrogens is 1. The van der Waals surface area contributed by atoms with Gasteiger partial charge in [0.15, 0.2) is 17.7 Å². The molecule has 0 fully saturated rings. The van der Waals surface area contributed by atoms with Crippen LogP contribution in [0.2, 0.25) is 0 Å². The highest BCUT2D eigenvalue weighted by molar-refractivity contribution is 5.98. The topological polar surface area (TPSA) is 194 Å². The highest BCUT2D eigenvalue weighted by Gasteiger charge is 2.30. The van der Waals surface area contributed by atoms with Crippen molar-refractivity contribution in [1.82, 2.24) is 10.3 Å². The Kier molecular flexibility index (Phi) is 7.56. The van der Waals surface area contributed by atoms with E-state index in [9.17, 15) is 10.1 Å². The second kappa shape index (κ2) is 10.7. The second-order valence-corrected chi connectivity index (χ2v) is 7.07. The quantitative estimate of drug-likeness (QED) is 0.192. The highest BCUT2D eigenvalue weighted by Crippen LogP contribution is 2.42. The van der Waals surface area contributed by atoms with Crippen molar-refractivity contribution in [1.29, 1.82) is 10.5 Å². The Balaban J connectivity index is 1.97. The first-order chi connectivity index (χ1) is 16.4. The Morgan fingerprint density at radius 1 is 1.29 bits per heavy atom. The molecule has 0 saturated heterocycles. The van der Waals surface area contributed by atoms with Gasteiger partial charge in [0.1, 0.15) is 29.3 Å². The van der Waals surface area contributed by atoms with Crippen molar-refractivity contribution in [3.63, 3.8) is 0 Å². The van der Waals surface area contributed by atoms with Crippen LogP contribution in [0.25, 0.3) is 0 Å². The number of pyridine rings is 1. The average Bonchev–Trinajstić information content (AvgIpc) is 2.81. The van der Waals surface area contributed by atoms with Crippen LogP contribution in [0.5, 0.6) is 11.5 Å². The molecule has 176 valence electrons. The lowest BCUT2D eigenvalue weighted by Gasteiger charge is -2.26. The number of nitrogens with two attached hydrogens (primary N) is 2. The SMILES string of the molecule is CCOC(=O)CCCOc1cc(C2N=C(NC#N)Nc3nc(N)c(C#N)c(N)c32)ccc1OC. The van der Waals surface area contributed by atoms with Gasteiger partial charge < -0.3 is 31.0 Å². The molecule has 1 atom stereocenters. The van der Waals surface area contributed by atoms with E-state index < -0.39 is 6.04 Å². The van der Waals surface area contributed by atoms with E-state index in [2.05, 4.69) is 20.6 Å². The van der Waals surface area contributed by atoms with Crippen LogP contribution in [0.1, 0.15) is 42.5 Å². The van der Waals surface area contributed by atoms with Crippen LogP contribution in [-0.2, 0) is 9.53 Å². The third kappa shape index (κ3) is 5.02. The molecular formula is C22H24N8O4. The molecule has 1 aromatic carbocycles. The Hall–Kier alpha value is -4.71. The number of aliphatic imine (C=N–C) groups is 1. The number of guanidine groups is 1. The molecule has 0 amide bonds. The van der Waals surface area contributed by atoms with Crippen molar-refractivity contribution >= 4 is 29.3 Å². The van der Waals surface area contributed by atoms with Crippen molar-refractivity contribution in [3.8, 4) is 23.8 Å². The summed E-state index contributed by atoms with van der Waals surface area (Å²) in [6.07, 6.45) is 2.49. The van der Waals surface area contributed by atoms with Gasteiger partial charge in [-0.15, -0.1) is 0 Å². The van der Waals surface area contributed by atoms with Gasteiger partial charge in [0, 0.05) is 12.0 Å². The fourth-order valence-corrected chi connectivity index (χ4v) is 3.43. The molecule has 0 radical (unpaired) electrons. The Labute approximate surface area is 196 Å². The molecule has 6 N–H and O–H groups in total. The third-order valence-corrected chi connectivity index (χ3v) is 4.95. The standard InChI is InChI=1S/C22H24N8O4/c1-3-33-16(31)5-4-8-34-15-9-12(6-7-14(15)32-2)19-17-18(25)13(10-23)20(26)29-21(17)30-22(28-19)27-11-24/h6-7,9,19H,3-5,8H2,1-2H3,(H6,25,26,27,28,29,30). The second-order valence-electron chi connectivity index (χ2n) is 7.07. The predicted octanol–water partition coefficient (Wildman–Crippen LogP) is 1.79. The summed E-state index contributed by atoms with van der Waals surface area (Å²) in [6.45, 7) is 2.33. The maximum Gasteiger partial charge on any atom is 0.305 e. The van der Waals surface area contributed by atoms with E-state index in [1.54, 1.807) is 31.3 Å². The van der Waals surface area contributed by atoms with E-state index in [4.69, 9.17) is 30.9 Å². The molecule has 0 aliphatic carbocycles. The van der Waals surface area contributed by atoms with E-state index in [-0.39, 0.29) is 47.8 Å². The van der Waals surface area contributed by atoms with Gasteiger partial charge in [-0.25, -0.2) is 9.98 Å². The first kappa shape index (κ1) is 23.9. The molecule has 34 heavy (non-hydrogen) atoms. The maximum atomic E-state index is 11.5. The molecule has 1 aromatic heterocycles. The zero-order valence-corrected chi connectivity index (χ0v) is 18.7. The van der Waals surface area contributed by atoms with E-state index in [0.29, 0.717) is 35.7 Å². The summed E-state index contributed by atoms with van der Waals surface area (Å²) in [5.41, 5.74) is 13.4. The maximum absolute atomic E-state index is 11.5. The zero-order chi connectivity index (χ0) is 24.7. The van der Waals surface area contributed by atoms with Crippen LogP contribution >= 0.6 is 0 Å². The summed E-state index contributed by atoms with van der Waals surface area (Å²) in [5, 5.41) is 23.8. The van der Waals surface area contributed by atoms with Gasteiger partial charge in [0.2, 0.25) is 5.96 Å². The minimum Gasteiger partial charge on any atom is -0.493 e. The van der Waals surface area contributed by atoms with Gasteiger partial charge in [-0.05, 0) is 31.0 Å². The molecule has 0 spiro atoms. The summed E-state index contributed by atoms with van der Waals surface area (Å²) in [7, 11) is 1.51. The minimum absolute atomic E-state index is 0.0384. The van der Waals surface area contributed by atoms with Crippen molar-refractivity contribution in [2.75, 3.05) is 37.1 Å². The van der Waals surface area contributed by atoms with Crippen LogP contribution in [0.3, 0.4) is 0 Å². The molecule has 3 rings (SSSR count). The predicted molar refractivity (Wildman–Crippen MR) is 124 cm³/mol. The zero-order valence-electron chi connectivity index (χ0n) is 18.7. The number of nitriles is 2. The van der Waals surface area contributed by atoms with E-state index in [0.717, 1.165) is 0 Å². The van der Waals surface area contributed by atoms with Gasteiger partial charge in [-0.3, -0.25) is 10.1 Å². The number of ether oxygens (including phenoxy) is 3. The molecule has 0 saturated carbocycles. The lowest BCUT2D eigenvalue weighted by Crippen LogP contribution is -2.32. The van der Waals surface area contributed by atoms with Crippen molar-refractivity contribution in [3.05, 3.63) is 34.9 Å². The molecular weight excluding hydrogens is 440 g/mol. The summed E-state index contributed by atoms with van der Waals surface area (Å²) in [5.74, 6) is 0.998. The van der Waals surface area contributed by atoms with Crippen LogP contribution in [0.15, 0.2) is 23.2 Å². The Morgan fingerprint density at radius 2 is 2.09 bits per heavy atom. The number of nitrogens with zero attached hydrogens (tertiary/aromatic N) is 4. The molecule has 2 heterocycles. The molecule has 0 bridgehead atoms. The third-order valence-electron chi connectivity index (χ3n) is 4.95. The number of esters is 1. The van der Waals surface area contributed by atoms with Gasteiger partial charge >= 0.3 is 5.97 Å². The number of hydrogen-bond donors (Lipinski definition) is 4. The first-order valence-corrected chi connectivity index (χ1v) is 10.4. The lowest BCUT2D eigenvalue weighted by molar-refractivity contribution is -0.143. The number of nitrogens with one attached hydrogen (secondary N) is 2. The number of anilines is 3. The molecule has 12 nitrogen and oxygen atoms in total. The van der Waals surface area contributed by atoms with Gasteiger partial charge in [0.25, 0.3) is 0 Å². The smallest absolute Gasteiger partial charge is 0.305 e. The highest BCUT2D eigenvalue weighted by atomic mass is 16.5. The van der Waals surface area contributed by atoms with E-state index >= 15 is 0 Å². The van der Waals surface area contributed by atoms with Crippen LogP contribution < -0.4 is 31.6 Å². The summed E-state index contributed by atoms with van der Waals surface area (Å²) in [4.78, 5) is 20.3. The van der Waals surface area contributed by atoms with Crippen molar-refractivity contribution in [2.24, 2.45) is 4.99 Å². The largest absolute Gasteiger partial charge is 0.493 e. The lowest BCUT2D eigenvalue weighted by atomic mass is 9.95. The number of hydrogen-bond acceptors (Lipinski definition) is 12. The summed E-state index contributed by atoms with van der Waals surface area (Å²) < 4.78 is 16.2. The number of fused-ring (bicyclic) bond motifs is 1. The fraction of sp³-hybridized carbons (Fsp3) is 0.318. The Bertz CT molecular complexity index is 1200. The summed E-state index contributed by atoms with van der Waals surface area (Å²) in [6, 6.07) is 6.43. The van der Waals surface area contributed by atoms with Crippen LogP contribution in [-0.4, -0.2) is 37.2 Å². The monoisotopic (exact) mass is 464 g/mol. The minimum atomic E-state index is -0.722. The van der Waals surface area contributed by atoms with Gasteiger partial charge in [0.05, 0.1) is 26.0 Å². The fourth-order valence-electron chi connectivity index (χ4n) is 3.43. The van der Waals surface area contributed by atoms with E-state index in [1.807, 2.05) is 6.07 Å². The summed E-state index contributed by atoms with van der Waals surface area (Å²) >= 11 is 0. The molecule has 12 heteroatoms. The normalized spacial score (nSPS) is 13.9. The van der Waals surface area contributed by atoms with Crippen LogP contribution in [0, 0.1) is 22.8 Å². The average molecular weight is 464 g/mol. The van der Waals surface area contributed by atoms with Crippen LogP contribution in [0.4, 0.5) is 17.3 Å². The van der Waals surface area contributed by atoms with E-state index in [1.165, 1.54) is 7.11 Å². The molecule has 2 aromatic rings.